The lowest BCUT2D eigenvalue weighted by Crippen LogP contribution is -2.58. The van der Waals surface area contributed by atoms with E-state index in [1.807, 2.05) is 35.2 Å². The van der Waals surface area contributed by atoms with Crippen molar-refractivity contribution in [2.45, 2.75) is 57.5 Å². The normalized spacial score (nSPS) is 23.2. The number of rotatable bonds is 8. The quantitative estimate of drug-likeness (QED) is 0.506. The minimum Gasteiger partial charge on any atom is -0.478 e. The Labute approximate surface area is 194 Å². The van der Waals surface area contributed by atoms with Gasteiger partial charge in [0.05, 0.1) is 23.3 Å². The Morgan fingerprint density at radius 1 is 1.19 bits per heavy atom. The largest absolute Gasteiger partial charge is 0.478 e. The molecule has 0 spiro atoms. The summed E-state index contributed by atoms with van der Waals surface area (Å²) in [6.07, 6.45) is 5.79. The number of halogens is 1. The molecule has 2 aliphatic rings. The van der Waals surface area contributed by atoms with Crippen LogP contribution in [0.2, 0.25) is 5.02 Å². The maximum absolute atomic E-state index is 11.4. The number of aromatic carboxylic acids is 1. The van der Waals surface area contributed by atoms with Gasteiger partial charge in [-0.05, 0) is 47.9 Å². The van der Waals surface area contributed by atoms with Crippen LogP contribution in [0.3, 0.4) is 0 Å². The van der Waals surface area contributed by atoms with Gasteiger partial charge in [0.1, 0.15) is 6.23 Å². The Bertz CT molecular complexity index is 979. The SMILES string of the molecule is CCCCCC1CN(Cc2cccc(C(=O)O)c2)C(O)C2=CC(c3ccc(Cl)cc3)NN21. The molecule has 170 valence electrons. The molecule has 3 atom stereocenters. The number of nitrogens with zero attached hydrogens (tertiary/aromatic N) is 2. The molecule has 2 aliphatic heterocycles. The Kier molecular flexibility index (Phi) is 7.16. The van der Waals surface area contributed by atoms with Crippen molar-refractivity contribution < 1.29 is 15.0 Å². The standard InChI is InChI=1S/C25H30ClN3O3/c1-2-3-4-8-21-16-28(15-17-6-5-7-19(13-17)25(31)32)24(30)23-14-22(27-29(21)23)18-9-11-20(26)12-10-18/h5-7,9-14,21-22,24,27,30H,2-4,8,15-16H2,1H3,(H,31,32). The number of carboxylic acid groups (broad SMARTS) is 1. The zero-order valence-corrected chi connectivity index (χ0v) is 19.0. The van der Waals surface area contributed by atoms with Gasteiger partial charge in [-0.15, -0.1) is 0 Å². The number of nitrogens with one attached hydrogen (secondary N) is 1. The molecule has 3 N–H and O–H groups in total. The third-order valence-electron chi connectivity index (χ3n) is 6.24. The van der Waals surface area contributed by atoms with E-state index in [1.54, 1.807) is 18.2 Å². The van der Waals surface area contributed by atoms with Crippen LogP contribution in [0.1, 0.15) is 60.1 Å². The van der Waals surface area contributed by atoms with Gasteiger partial charge in [0.25, 0.3) is 0 Å². The van der Waals surface area contributed by atoms with E-state index < -0.39 is 12.2 Å². The predicted octanol–water partition coefficient (Wildman–Crippen LogP) is 4.57. The number of unbranched alkanes of at least 4 members (excludes halogenated alkanes) is 2. The van der Waals surface area contributed by atoms with Crippen LogP contribution in [0, 0.1) is 0 Å². The summed E-state index contributed by atoms with van der Waals surface area (Å²) in [5.41, 5.74) is 6.67. The molecule has 32 heavy (non-hydrogen) atoms. The minimum absolute atomic E-state index is 0.0270. The van der Waals surface area contributed by atoms with Crippen molar-refractivity contribution in [3.8, 4) is 0 Å². The lowest BCUT2D eigenvalue weighted by atomic mass is 10.0. The monoisotopic (exact) mass is 455 g/mol. The van der Waals surface area contributed by atoms with E-state index in [4.69, 9.17) is 11.6 Å². The number of fused-ring (bicyclic) bond motifs is 1. The van der Waals surface area contributed by atoms with Gasteiger partial charge in [-0.25, -0.2) is 10.2 Å². The van der Waals surface area contributed by atoms with Crippen LogP contribution in [-0.4, -0.2) is 44.9 Å². The molecule has 7 heteroatoms. The maximum Gasteiger partial charge on any atom is 0.335 e. The average Bonchev–Trinajstić information content (AvgIpc) is 3.23. The topological polar surface area (TPSA) is 76.0 Å². The van der Waals surface area contributed by atoms with Crippen LogP contribution in [0.5, 0.6) is 0 Å². The molecule has 0 aromatic heterocycles. The van der Waals surface area contributed by atoms with Gasteiger partial charge in [-0.3, -0.25) is 4.90 Å². The van der Waals surface area contributed by atoms with Crippen LogP contribution in [0.4, 0.5) is 0 Å². The molecule has 2 aromatic carbocycles. The number of hydrogen-bond acceptors (Lipinski definition) is 5. The van der Waals surface area contributed by atoms with Gasteiger partial charge in [0.2, 0.25) is 0 Å². The summed E-state index contributed by atoms with van der Waals surface area (Å²) in [5, 5.41) is 23.4. The van der Waals surface area contributed by atoms with Crippen molar-refractivity contribution in [3.05, 3.63) is 82.0 Å². The molecule has 0 aliphatic carbocycles. The Morgan fingerprint density at radius 2 is 1.97 bits per heavy atom. The lowest BCUT2D eigenvalue weighted by Gasteiger charge is -2.45. The molecule has 4 rings (SSSR count). The van der Waals surface area contributed by atoms with Crippen molar-refractivity contribution in [1.82, 2.24) is 15.3 Å². The van der Waals surface area contributed by atoms with E-state index in [2.05, 4.69) is 23.4 Å². The number of carboxylic acids is 1. The van der Waals surface area contributed by atoms with Crippen LogP contribution in [0.25, 0.3) is 0 Å². The Hall–Kier alpha value is -2.38. The third kappa shape index (κ3) is 4.99. The van der Waals surface area contributed by atoms with E-state index in [0.29, 0.717) is 18.1 Å². The molecule has 0 saturated carbocycles. The summed E-state index contributed by atoms with van der Waals surface area (Å²) in [6, 6.07) is 14.9. The van der Waals surface area contributed by atoms with Crippen LogP contribution < -0.4 is 5.43 Å². The highest BCUT2D eigenvalue weighted by atomic mass is 35.5. The zero-order chi connectivity index (χ0) is 22.7. The third-order valence-corrected chi connectivity index (χ3v) is 6.50. The van der Waals surface area contributed by atoms with Crippen molar-refractivity contribution >= 4 is 17.6 Å². The minimum atomic E-state index is -0.942. The molecular formula is C25H30ClN3O3. The van der Waals surface area contributed by atoms with E-state index >= 15 is 0 Å². The summed E-state index contributed by atoms with van der Waals surface area (Å²) in [5.74, 6) is -0.942. The number of aliphatic hydroxyl groups is 1. The molecule has 3 unspecified atom stereocenters. The first-order chi connectivity index (χ1) is 15.5. The number of piperazine rings is 1. The van der Waals surface area contributed by atoms with Crippen LogP contribution in [-0.2, 0) is 6.54 Å². The molecule has 1 fully saturated rings. The van der Waals surface area contributed by atoms with Gasteiger partial charge in [0, 0.05) is 18.1 Å². The molecule has 0 radical (unpaired) electrons. The number of carbonyl (C=O) groups is 1. The summed E-state index contributed by atoms with van der Waals surface area (Å²) in [7, 11) is 0. The predicted molar refractivity (Wildman–Crippen MR) is 125 cm³/mol. The summed E-state index contributed by atoms with van der Waals surface area (Å²) in [4.78, 5) is 13.4. The number of benzene rings is 2. The van der Waals surface area contributed by atoms with Crippen molar-refractivity contribution in [3.63, 3.8) is 0 Å². The van der Waals surface area contributed by atoms with E-state index in [-0.39, 0.29) is 17.6 Å². The highest BCUT2D eigenvalue weighted by Gasteiger charge is 2.40. The van der Waals surface area contributed by atoms with Gasteiger partial charge >= 0.3 is 5.97 Å². The number of hydrogen-bond donors (Lipinski definition) is 3. The highest BCUT2D eigenvalue weighted by Crippen LogP contribution is 2.35. The number of aliphatic hydroxyl groups excluding tert-OH is 1. The summed E-state index contributed by atoms with van der Waals surface area (Å²) < 4.78 is 0. The van der Waals surface area contributed by atoms with Crippen molar-refractivity contribution in [2.24, 2.45) is 0 Å². The van der Waals surface area contributed by atoms with E-state index in [9.17, 15) is 15.0 Å². The fourth-order valence-corrected chi connectivity index (χ4v) is 4.68. The van der Waals surface area contributed by atoms with Gasteiger partial charge in [0.15, 0.2) is 0 Å². The van der Waals surface area contributed by atoms with Crippen molar-refractivity contribution in [1.29, 1.82) is 0 Å². The molecular weight excluding hydrogens is 426 g/mol. The summed E-state index contributed by atoms with van der Waals surface area (Å²) >= 11 is 6.05. The summed E-state index contributed by atoms with van der Waals surface area (Å²) in [6.45, 7) is 3.38. The fraction of sp³-hybridized carbons (Fsp3) is 0.400. The van der Waals surface area contributed by atoms with Crippen LogP contribution in [0.15, 0.2) is 60.3 Å². The van der Waals surface area contributed by atoms with E-state index in [0.717, 1.165) is 36.1 Å². The van der Waals surface area contributed by atoms with Gasteiger partial charge in [-0.1, -0.05) is 62.1 Å². The first-order valence-electron chi connectivity index (χ1n) is 11.2. The molecule has 2 aromatic rings. The fourth-order valence-electron chi connectivity index (χ4n) is 4.56. The molecule has 6 nitrogen and oxygen atoms in total. The first kappa shape index (κ1) is 22.8. The zero-order valence-electron chi connectivity index (χ0n) is 18.2. The van der Waals surface area contributed by atoms with Crippen LogP contribution >= 0.6 is 11.6 Å². The van der Waals surface area contributed by atoms with Gasteiger partial charge in [-0.2, -0.15) is 0 Å². The Morgan fingerprint density at radius 3 is 2.69 bits per heavy atom. The van der Waals surface area contributed by atoms with Crippen molar-refractivity contribution in [2.75, 3.05) is 6.54 Å². The smallest absolute Gasteiger partial charge is 0.335 e. The second-order valence-corrected chi connectivity index (χ2v) is 9.01. The second-order valence-electron chi connectivity index (χ2n) is 8.58. The second kappa shape index (κ2) is 10.0. The number of hydrazine groups is 1. The maximum atomic E-state index is 11.4. The molecule has 0 amide bonds. The molecule has 1 saturated heterocycles. The average molecular weight is 456 g/mol. The van der Waals surface area contributed by atoms with Gasteiger partial charge < -0.3 is 15.2 Å². The molecule has 2 heterocycles. The first-order valence-corrected chi connectivity index (χ1v) is 11.6. The molecule has 0 bridgehead atoms. The van der Waals surface area contributed by atoms with E-state index in [1.165, 1.54) is 6.42 Å². The Balaban J connectivity index is 1.57. The highest BCUT2D eigenvalue weighted by molar-refractivity contribution is 6.30. The lowest BCUT2D eigenvalue weighted by molar-refractivity contribution is -0.0587.